The molecule has 0 bridgehead atoms. The number of nitrogens with zero attached hydrogens (tertiary/aromatic N) is 3. The van der Waals surface area contributed by atoms with E-state index in [0.29, 0.717) is 0 Å². The Labute approximate surface area is 177 Å². The van der Waals surface area contributed by atoms with Crippen LogP contribution in [-0.2, 0) is 0 Å². The molecule has 7 nitrogen and oxygen atoms in total. The quantitative estimate of drug-likeness (QED) is 0.420. The van der Waals surface area contributed by atoms with Gasteiger partial charge >= 0.3 is 5.69 Å². The second kappa shape index (κ2) is 7.79. The molecule has 7 heteroatoms. The number of ether oxygens (including phenoxy) is 1. The summed E-state index contributed by atoms with van der Waals surface area (Å²) in [5.41, 5.74) is 5.57. The van der Waals surface area contributed by atoms with Crippen molar-refractivity contribution in [3.8, 4) is 22.7 Å². The third-order valence-electron chi connectivity index (χ3n) is 4.98. The highest BCUT2D eigenvalue weighted by molar-refractivity contribution is 5.91. The summed E-state index contributed by atoms with van der Waals surface area (Å²) in [4.78, 5) is 21.6. The summed E-state index contributed by atoms with van der Waals surface area (Å²) in [7, 11) is 1.64. The lowest BCUT2D eigenvalue weighted by Crippen LogP contribution is -1.99. The maximum Gasteiger partial charge on any atom is 0.323 e. The Morgan fingerprint density at radius 1 is 0.968 bits per heavy atom. The topological polar surface area (TPSA) is 88.1 Å². The number of hydrogen-bond donors (Lipinski definition) is 2. The van der Waals surface area contributed by atoms with Crippen LogP contribution in [0.3, 0.4) is 0 Å². The number of aromatic nitrogens is 4. The molecule has 0 spiro atoms. The normalized spacial score (nSPS) is 11.4. The molecule has 0 atom stereocenters. The largest absolute Gasteiger partial charge is 0.497 e. The van der Waals surface area contributed by atoms with Gasteiger partial charge in [0.2, 0.25) is 0 Å². The first-order valence-electron chi connectivity index (χ1n) is 9.75. The molecule has 152 valence electrons. The van der Waals surface area contributed by atoms with Crippen LogP contribution in [0.5, 0.6) is 5.75 Å². The number of aliphatic imine (C=N–C) groups is 1. The lowest BCUT2D eigenvalue weighted by molar-refractivity contribution is 0.415. The highest BCUT2D eigenvalue weighted by Crippen LogP contribution is 2.26. The van der Waals surface area contributed by atoms with E-state index >= 15 is 0 Å². The van der Waals surface area contributed by atoms with E-state index < -0.39 is 0 Å². The van der Waals surface area contributed by atoms with Gasteiger partial charge in [0.15, 0.2) is 0 Å². The summed E-state index contributed by atoms with van der Waals surface area (Å²) in [5, 5.41) is 4.80. The van der Waals surface area contributed by atoms with Crippen LogP contribution >= 0.6 is 0 Å². The van der Waals surface area contributed by atoms with Gasteiger partial charge in [0, 0.05) is 23.5 Å². The monoisotopic (exact) mass is 409 g/mol. The molecule has 2 aromatic heterocycles. The standard InChI is InChI=1S/C24H19N5O2/c1-31-20-10-7-16(8-11-20)23-17(15-29(28-23)19-5-3-2-4-6-19)14-25-18-9-12-21-22(13-18)27-24(30)26-21/h2-15H,1H3,(H2,26,27,30). The molecular weight excluding hydrogens is 390 g/mol. The molecule has 0 aliphatic carbocycles. The molecule has 31 heavy (non-hydrogen) atoms. The summed E-state index contributed by atoms with van der Waals surface area (Å²) in [5.74, 6) is 0.787. The molecule has 2 heterocycles. The number of fused-ring (bicyclic) bond motifs is 1. The van der Waals surface area contributed by atoms with Crippen molar-refractivity contribution in [2.45, 2.75) is 0 Å². The van der Waals surface area contributed by atoms with E-state index in [0.717, 1.165) is 45.0 Å². The number of hydrogen-bond acceptors (Lipinski definition) is 4. The minimum Gasteiger partial charge on any atom is -0.497 e. The first-order chi connectivity index (χ1) is 15.2. The summed E-state index contributed by atoms with van der Waals surface area (Å²) in [6, 6.07) is 23.2. The van der Waals surface area contributed by atoms with Crippen LogP contribution < -0.4 is 10.4 Å². The molecule has 0 aliphatic rings. The number of nitrogens with one attached hydrogen (secondary N) is 2. The molecule has 2 N–H and O–H groups in total. The van der Waals surface area contributed by atoms with Crippen molar-refractivity contribution in [2.75, 3.05) is 7.11 Å². The third-order valence-corrected chi connectivity index (χ3v) is 4.98. The Kier molecular flexibility index (Phi) is 4.68. The van der Waals surface area contributed by atoms with E-state index in [-0.39, 0.29) is 5.69 Å². The van der Waals surface area contributed by atoms with Crippen LogP contribution in [0, 0.1) is 0 Å². The van der Waals surface area contributed by atoms with E-state index in [4.69, 9.17) is 9.84 Å². The summed E-state index contributed by atoms with van der Waals surface area (Å²) < 4.78 is 7.11. The van der Waals surface area contributed by atoms with Gasteiger partial charge in [0.1, 0.15) is 11.4 Å². The number of benzene rings is 3. The number of aromatic amines is 2. The summed E-state index contributed by atoms with van der Waals surface area (Å²) in [6.45, 7) is 0. The molecule has 0 unspecified atom stereocenters. The smallest absolute Gasteiger partial charge is 0.323 e. The van der Waals surface area contributed by atoms with Gasteiger partial charge in [-0.05, 0) is 54.6 Å². The Morgan fingerprint density at radius 2 is 1.74 bits per heavy atom. The maximum atomic E-state index is 11.5. The Hall–Kier alpha value is -4.39. The van der Waals surface area contributed by atoms with Crippen LogP contribution in [0.25, 0.3) is 28.0 Å². The van der Waals surface area contributed by atoms with Gasteiger partial charge in [-0.25, -0.2) is 9.48 Å². The van der Waals surface area contributed by atoms with Gasteiger partial charge in [-0.3, -0.25) is 4.99 Å². The number of methoxy groups -OCH3 is 1. The zero-order chi connectivity index (χ0) is 21.2. The van der Waals surface area contributed by atoms with Crippen molar-refractivity contribution in [2.24, 2.45) is 4.99 Å². The molecule has 0 fully saturated rings. The van der Waals surface area contributed by atoms with Crippen molar-refractivity contribution < 1.29 is 4.74 Å². The minimum atomic E-state index is -0.234. The fourth-order valence-electron chi connectivity index (χ4n) is 3.41. The molecule has 3 aromatic carbocycles. The number of imidazole rings is 1. The molecule has 0 aliphatic heterocycles. The summed E-state index contributed by atoms with van der Waals surface area (Å²) in [6.07, 6.45) is 3.74. The van der Waals surface area contributed by atoms with Gasteiger partial charge in [0.25, 0.3) is 0 Å². The lowest BCUT2D eigenvalue weighted by Gasteiger charge is -2.02. The van der Waals surface area contributed by atoms with Crippen molar-refractivity contribution >= 4 is 22.9 Å². The number of rotatable bonds is 5. The van der Waals surface area contributed by atoms with Crippen LogP contribution in [0.4, 0.5) is 5.69 Å². The SMILES string of the molecule is COc1ccc(-c2nn(-c3ccccc3)cc2C=Nc2ccc3[nH]c(=O)[nH]c3c2)cc1. The van der Waals surface area contributed by atoms with Crippen LogP contribution in [-0.4, -0.2) is 33.1 Å². The van der Waals surface area contributed by atoms with Crippen LogP contribution in [0.1, 0.15) is 5.56 Å². The molecule has 0 radical (unpaired) electrons. The fourth-order valence-corrected chi connectivity index (χ4v) is 3.41. The second-order valence-corrected chi connectivity index (χ2v) is 7.01. The van der Waals surface area contributed by atoms with E-state index in [9.17, 15) is 4.79 Å². The van der Waals surface area contributed by atoms with Gasteiger partial charge in [-0.15, -0.1) is 0 Å². The number of H-pyrrole nitrogens is 2. The number of para-hydroxylation sites is 1. The lowest BCUT2D eigenvalue weighted by atomic mass is 10.1. The van der Waals surface area contributed by atoms with Crippen molar-refractivity contribution in [3.63, 3.8) is 0 Å². The minimum absolute atomic E-state index is 0.234. The highest BCUT2D eigenvalue weighted by Gasteiger charge is 2.11. The van der Waals surface area contributed by atoms with E-state index in [1.54, 1.807) is 13.3 Å². The van der Waals surface area contributed by atoms with E-state index in [2.05, 4.69) is 15.0 Å². The molecule has 0 amide bonds. The molecule has 5 rings (SSSR count). The summed E-state index contributed by atoms with van der Waals surface area (Å²) >= 11 is 0. The van der Waals surface area contributed by atoms with Crippen molar-refractivity contribution in [3.05, 3.63) is 95.0 Å². The van der Waals surface area contributed by atoms with Gasteiger partial charge in [0.05, 0.1) is 29.5 Å². The zero-order valence-electron chi connectivity index (χ0n) is 16.7. The van der Waals surface area contributed by atoms with E-state index in [1.165, 1.54) is 0 Å². The van der Waals surface area contributed by atoms with Crippen LogP contribution in [0.2, 0.25) is 0 Å². The van der Waals surface area contributed by atoms with Gasteiger partial charge in [-0.1, -0.05) is 18.2 Å². The Morgan fingerprint density at radius 3 is 2.52 bits per heavy atom. The first kappa shape index (κ1) is 18.6. The average Bonchev–Trinajstić information content (AvgIpc) is 3.40. The highest BCUT2D eigenvalue weighted by atomic mass is 16.5. The Balaban J connectivity index is 1.56. The van der Waals surface area contributed by atoms with Crippen LogP contribution in [0.15, 0.2) is 88.8 Å². The second-order valence-electron chi connectivity index (χ2n) is 7.01. The molecular formula is C24H19N5O2. The van der Waals surface area contributed by atoms with E-state index in [1.807, 2.05) is 83.7 Å². The Bertz CT molecular complexity index is 1430. The third kappa shape index (κ3) is 3.76. The maximum absolute atomic E-state index is 11.5. The molecule has 0 saturated heterocycles. The zero-order valence-corrected chi connectivity index (χ0v) is 16.7. The predicted molar refractivity (Wildman–Crippen MR) is 122 cm³/mol. The van der Waals surface area contributed by atoms with Crippen molar-refractivity contribution in [1.82, 2.24) is 19.7 Å². The average molecular weight is 409 g/mol. The van der Waals surface area contributed by atoms with Gasteiger partial charge in [-0.2, -0.15) is 5.10 Å². The van der Waals surface area contributed by atoms with Crippen molar-refractivity contribution in [1.29, 1.82) is 0 Å². The first-order valence-corrected chi connectivity index (χ1v) is 9.75. The molecule has 5 aromatic rings. The predicted octanol–water partition coefficient (Wildman–Crippen LogP) is 4.47. The molecule has 0 saturated carbocycles. The fraction of sp³-hybridized carbons (Fsp3) is 0.0417. The van der Waals surface area contributed by atoms with Gasteiger partial charge < -0.3 is 14.7 Å².